The Morgan fingerprint density at radius 2 is 1.89 bits per heavy atom. The normalized spacial score (nSPS) is 30.4. The maximum absolute atomic E-state index is 12.9. The second kappa shape index (κ2) is 6.07. The number of aliphatic hydroxyl groups excluding tert-OH is 1. The first-order valence-corrected chi connectivity index (χ1v) is 8.92. The van der Waals surface area contributed by atoms with E-state index >= 15 is 0 Å². The van der Waals surface area contributed by atoms with E-state index in [1.807, 2.05) is 0 Å². The van der Waals surface area contributed by atoms with E-state index < -0.39 is 23.0 Å². The molecule has 1 N–H and O–H groups in total. The highest BCUT2D eigenvalue weighted by Gasteiger charge is 2.71. The van der Waals surface area contributed by atoms with E-state index in [1.54, 1.807) is 6.07 Å². The number of carbonyl (C=O) groups is 3. The fourth-order valence-electron chi connectivity index (χ4n) is 5.05. The van der Waals surface area contributed by atoms with Crippen LogP contribution in [0, 0.1) is 5.41 Å². The first kappa shape index (κ1) is 18.5. The molecule has 1 spiro atoms. The molecule has 1 aromatic carbocycles. The van der Waals surface area contributed by atoms with Crippen molar-refractivity contribution in [3.05, 3.63) is 29.3 Å². The van der Waals surface area contributed by atoms with Crippen molar-refractivity contribution in [2.24, 2.45) is 5.41 Å². The van der Waals surface area contributed by atoms with Crippen LogP contribution in [0.2, 0.25) is 0 Å². The standard InChI is InChI=1S/C20H21NO7/c1-26-14-8-13-12(15(27-2)16(14)28-3)5-7-21-18(25)17(24)19(10-22)6-4-11(23)9-20(13,19)21/h4,6,8,10,17,24H,5,7,9H2,1-3H3/t17-,19-,20-/m1/s1. The number of fused-ring (bicyclic) bond motifs is 1. The lowest BCUT2D eigenvalue weighted by Gasteiger charge is -2.51. The minimum atomic E-state index is -1.57. The van der Waals surface area contributed by atoms with Crippen LogP contribution in [-0.4, -0.2) is 62.0 Å². The third-order valence-corrected chi connectivity index (χ3v) is 6.26. The van der Waals surface area contributed by atoms with Crippen molar-refractivity contribution < 1.29 is 33.7 Å². The number of aldehydes is 1. The summed E-state index contributed by atoms with van der Waals surface area (Å²) >= 11 is 0. The summed E-state index contributed by atoms with van der Waals surface area (Å²) in [6.07, 6.45) is 1.96. The molecular formula is C20H21NO7. The van der Waals surface area contributed by atoms with Crippen LogP contribution < -0.4 is 14.2 Å². The van der Waals surface area contributed by atoms with Gasteiger partial charge in [0.15, 0.2) is 23.4 Å². The van der Waals surface area contributed by atoms with Crippen LogP contribution in [0.3, 0.4) is 0 Å². The molecule has 0 radical (unpaired) electrons. The van der Waals surface area contributed by atoms with Crippen molar-refractivity contribution in [1.29, 1.82) is 0 Å². The van der Waals surface area contributed by atoms with E-state index in [0.29, 0.717) is 35.5 Å². The fourth-order valence-corrected chi connectivity index (χ4v) is 5.05. The van der Waals surface area contributed by atoms with Gasteiger partial charge < -0.3 is 29.0 Å². The molecule has 4 rings (SSSR count). The second-order valence-corrected chi connectivity index (χ2v) is 7.20. The molecule has 2 aliphatic heterocycles. The molecule has 1 fully saturated rings. The smallest absolute Gasteiger partial charge is 0.253 e. The van der Waals surface area contributed by atoms with Crippen molar-refractivity contribution in [3.8, 4) is 17.2 Å². The Kier molecular flexibility index (Phi) is 4.01. The number of hydrogen-bond donors (Lipinski definition) is 1. The van der Waals surface area contributed by atoms with Gasteiger partial charge in [-0.05, 0) is 24.1 Å². The zero-order chi connectivity index (χ0) is 20.3. The van der Waals surface area contributed by atoms with Crippen LogP contribution in [0.4, 0.5) is 0 Å². The molecule has 1 aromatic rings. The Balaban J connectivity index is 2.12. The van der Waals surface area contributed by atoms with Crippen LogP contribution >= 0.6 is 0 Å². The Hall–Kier alpha value is -2.87. The summed E-state index contributed by atoms with van der Waals surface area (Å²) in [4.78, 5) is 39.1. The zero-order valence-corrected chi connectivity index (χ0v) is 15.9. The average molecular weight is 387 g/mol. The van der Waals surface area contributed by atoms with Gasteiger partial charge in [-0.25, -0.2) is 0 Å². The molecule has 0 unspecified atom stereocenters. The Labute approximate surface area is 161 Å². The van der Waals surface area contributed by atoms with Gasteiger partial charge in [0.05, 0.1) is 26.9 Å². The Bertz CT molecular complexity index is 924. The molecule has 148 valence electrons. The highest BCUT2D eigenvalue weighted by Crippen LogP contribution is 2.61. The van der Waals surface area contributed by atoms with Crippen LogP contribution in [0.15, 0.2) is 18.2 Å². The molecule has 1 saturated heterocycles. The number of rotatable bonds is 4. The molecule has 0 bridgehead atoms. The minimum Gasteiger partial charge on any atom is -0.493 e. The summed E-state index contributed by atoms with van der Waals surface area (Å²) < 4.78 is 16.5. The fraction of sp³-hybridized carbons (Fsp3) is 0.450. The minimum absolute atomic E-state index is 0.114. The van der Waals surface area contributed by atoms with E-state index in [1.165, 1.54) is 38.4 Å². The first-order valence-electron chi connectivity index (χ1n) is 8.92. The predicted molar refractivity (Wildman–Crippen MR) is 96.5 cm³/mol. The molecule has 28 heavy (non-hydrogen) atoms. The number of methoxy groups -OCH3 is 3. The third-order valence-electron chi connectivity index (χ3n) is 6.26. The number of nitrogens with zero attached hydrogens (tertiary/aromatic N) is 1. The molecule has 3 atom stereocenters. The average Bonchev–Trinajstić information content (AvgIpc) is 2.90. The summed E-state index contributed by atoms with van der Waals surface area (Å²) in [6.45, 7) is 0.242. The van der Waals surface area contributed by atoms with Crippen molar-refractivity contribution >= 4 is 18.0 Å². The van der Waals surface area contributed by atoms with Gasteiger partial charge in [0.2, 0.25) is 5.75 Å². The number of amides is 1. The van der Waals surface area contributed by atoms with Gasteiger partial charge in [-0.2, -0.15) is 0 Å². The van der Waals surface area contributed by atoms with Gasteiger partial charge in [-0.3, -0.25) is 9.59 Å². The van der Waals surface area contributed by atoms with Crippen LogP contribution in [0.5, 0.6) is 17.2 Å². The van der Waals surface area contributed by atoms with E-state index in [-0.39, 0.29) is 18.7 Å². The van der Waals surface area contributed by atoms with Gasteiger partial charge >= 0.3 is 0 Å². The maximum atomic E-state index is 12.9. The summed E-state index contributed by atoms with van der Waals surface area (Å²) in [7, 11) is 4.45. The maximum Gasteiger partial charge on any atom is 0.253 e. The number of aliphatic hydroxyl groups is 1. The van der Waals surface area contributed by atoms with Gasteiger partial charge in [0.1, 0.15) is 11.7 Å². The van der Waals surface area contributed by atoms with Gasteiger partial charge in [-0.1, -0.05) is 6.08 Å². The van der Waals surface area contributed by atoms with Crippen molar-refractivity contribution in [3.63, 3.8) is 0 Å². The molecule has 8 nitrogen and oxygen atoms in total. The highest BCUT2D eigenvalue weighted by atomic mass is 16.5. The van der Waals surface area contributed by atoms with Gasteiger partial charge in [0, 0.05) is 18.5 Å². The predicted octanol–water partition coefficient (Wildman–Crippen LogP) is 0.381. The Morgan fingerprint density at radius 3 is 2.50 bits per heavy atom. The molecule has 0 aromatic heterocycles. The lowest BCUT2D eigenvalue weighted by atomic mass is 9.59. The molecule has 1 aliphatic carbocycles. The zero-order valence-electron chi connectivity index (χ0n) is 15.9. The van der Waals surface area contributed by atoms with E-state index in [4.69, 9.17) is 14.2 Å². The Morgan fingerprint density at radius 1 is 1.18 bits per heavy atom. The van der Waals surface area contributed by atoms with Crippen molar-refractivity contribution in [2.75, 3.05) is 27.9 Å². The monoisotopic (exact) mass is 387 g/mol. The number of ketones is 1. The summed E-state index contributed by atoms with van der Waals surface area (Å²) in [5.41, 5.74) is -1.62. The first-order chi connectivity index (χ1) is 13.4. The third kappa shape index (κ3) is 1.90. The van der Waals surface area contributed by atoms with Gasteiger partial charge in [0.25, 0.3) is 5.91 Å². The number of allylic oxidation sites excluding steroid dienone is 1. The number of benzene rings is 1. The lowest BCUT2D eigenvalue weighted by Crippen LogP contribution is -2.58. The lowest BCUT2D eigenvalue weighted by molar-refractivity contribution is -0.138. The van der Waals surface area contributed by atoms with E-state index in [9.17, 15) is 19.5 Å². The molecule has 0 saturated carbocycles. The second-order valence-electron chi connectivity index (χ2n) is 7.20. The van der Waals surface area contributed by atoms with E-state index in [2.05, 4.69) is 0 Å². The quantitative estimate of drug-likeness (QED) is 0.745. The summed E-state index contributed by atoms with van der Waals surface area (Å²) in [5, 5.41) is 10.8. The van der Waals surface area contributed by atoms with Crippen LogP contribution in [0.1, 0.15) is 17.5 Å². The summed E-state index contributed by atoms with van der Waals surface area (Å²) in [6, 6.07) is 1.68. The summed E-state index contributed by atoms with van der Waals surface area (Å²) in [5.74, 6) is 0.385. The highest BCUT2D eigenvalue weighted by molar-refractivity contribution is 6.01. The van der Waals surface area contributed by atoms with Crippen molar-refractivity contribution in [2.45, 2.75) is 24.5 Å². The van der Waals surface area contributed by atoms with E-state index in [0.717, 1.165) is 5.56 Å². The molecular weight excluding hydrogens is 366 g/mol. The van der Waals surface area contributed by atoms with Crippen molar-refractivity contribution in [1.82, 2.24) is 4.90 Å². The SMILES string of the molecule is COc1cc2c(c(OC)c1OC)CCN1C(=O)[C@@H](O)[C@]3(C=O)C=CC(=O)C[C@]213. The van der Waals surface area contributed by atoms with Crippen LogP contribution in [0.25, 0.3) is 0 Å². The number of hydrogen-bond acceptors (Lipinski definition) is 7. The van der Waals surface area contributed by atoms with Gasteiger partial charge in [-0.15, -0.1) is 0 Å². The number of carbonyl (C=O) groups excluding carboxylic acids is 3. The van der Waals surface area contributed by atoms with Crippen LogP contribution in [-0.2, 0) is 26.3 Å². The number of ether oxygens (including phenoxy) is 3. The topological polar surface area (TPSA) is 102 Å². The largest absolute Gasteiger partial charge is 0.493 e. The molecule has 2 heterocycles. The molecule has 3 aliphatic rings. The molecule has 8 heteroatoms. The molecule has 1 amide bonds.